The number of carbonyl (C=O) groups excluding carboxylic acids is 1. The lowest BCUT2D eigenvalue weighted by molar-refractivity contribution is 0.0600. The first-order valence-corrected chi connectivity index (χ1v) is 7.44. The molecule has 1 aromatic heterocycles. The number of esters is 1. The molecule has 3 rings (SSSR count). The largest absolute Gasteiger partial charge is 0.465 e. The van der Waals surface area contributed by atoms with E-state index in [4.69, 9.17) is 4.11 Å². The Morgan fingerprint density at radius 1 is 1.33 bits per heavy atom. The highest BCUT2D eigenvalue weighted by Crippen LogP contribution is 2.27. The van der Waals surface area contributed by atoms with Crippen molar-refractivity contribution in [3.8, 4) is 0 Å². The molecule has 0 aliphatic heterocycles. The summed E-state index contributed by atoms with van der Waals surface area (Å²) in [5.74, 6) is -2.70. The Kier molecular flexibility index (Phi) is 3.33. The molecule has 0 spiro atoms. The van der Waals surface area contributed by atoms with Gasteiger partial charge in [-0.3, -0.25) is 0 Å². The number of halogens is 3. The molecule has 0 bridgehead atoms. The van der Waals surface area contributed by atoms with Crippen LogP contribution in [0.5, 0.6) is 0 Å². The fourth-order valence-electron chi connectivity index (χ4n) is 2.17. The van der Waals surface area contributed by atoms with Gasteiger partial charge >= 0.3 is 5.97 Å². The van der Waals surface area contributed by atoms with Gasteiger partial charge in [0.2, 0.25) is 5.95 Å². The van der Waals surface area contributed by atoms with Crippen LogP contribution in [0.2, 0.25) is 0 Å². The number of imidazole rings is 1. The number of carbonyl (C=O) groups is 1. The quantitative estimate of drug-likeness (QED) is 0.673. The molecule has 0 amide bonds. The van der Waals surface area contributed by atoms with Gasteiger partial charge in [-0.25, -0.2) is 18.6 Å². The van der Waals surface area contributed by atoms with E-state index in [1.165, 1.54) is 12.1 Å². The summed E-state index contributed by atoms with van der Waals surface area (Å²) >= 11 is 3.12. The molecule has 2 aromatic carbocycles. The van der Waals surface area contributed by atoms with Gasteiger partial charge in [0.15, 0.2) is 5.82 Å². The van der Waals surface area contributed by atoms with Crippen LogP contribution >= 0.6 is 15.9 Å². The van der Waals surface area contributed by atoms with Crippen LogP contribution in [0.3, 0.4) is 0 Å². The molecule has 8 heteroatoms. The molecule has 124 valence electrons. The van der Waals surface area contributed by atoms with E-state index in [1.807, 2.05) is 0 Å². The SMILES string of the molecule is [2H]C([2H])([2H])n1c(Nc2ccc(Br)cc2F)nc2c(F)cc(C(=O)OC)cc21. The number of fused-ring (bicyclic) bond motifs is 1. The van der Waals surface area contributed by atoms with E-state index in [9.17, 15) is 13.6 Å². The molecular weight excluding hydrogens is 384 g/mol. The zero-order valence-corrected chi connectivity index (χ0v) is 13.8. The highest BCUT2D eigenvalue weighted by molar-refractivity contribution is 9.10. The maximum absolute atomic E-state index is 14.4. The Morgan fingerprint density at radius 2 is 2.12 bits per heavy atom. The van der Waals surface area contributed by atoms with E-state index in [2.05, 4.69) is 31.0 Å². The molecule has 0 radical (unpaired) electrons. The van der Waals surface area contributed by atoms with Crippen molar-refractivity contribution in [3.05, 3.63) is 52.0 Å². The monoisotopic (exact) mass is 398 g/mol. The maximum atomic E-state index is 14.4. The summed E-state index contributed by atoms with van der Waals surface area (Å²) in [7, 11) is 1.12. The van der Waals surface area contributed by atoms with Gasteiger partial charge in [-0.05, 0) is 30.3 Å². The molecule has 1 heterocycles. The molecule has 0 saturated carbocycles. The van der Waals surface area contributed by atoms with Crippen molar-refractivity contribution < 1.29 is 22.4 Å². The van der Waals surface area contributed by atoms with Gasteiger partial charge in [0.25, 0.3) is 0 Å². The number of anilines is 2. The van der Waals surface area contributed by atoms with Crippen LogP contribution in [-0.4, -0.2) is 22.6 Å². The van der Waals surface area contributed by atoms with Crippen molar-refractivity contribution in [2.24, 2.45) is 6.98 Å². The summed E-state index contributed by atoms with van der Waals surface area (Å²) < 4.78 is 57.5. The molecule has 0 unspecified atom stereocenters. The van der Waals surface area contributed by atoms with E-state index >= 15 is 0 Å². The molecule has 0 atom stereocenters. The van der Waals surface area contributed by atoms with E-state index in [-0.39, 0.29) is 28.2 Å². The molecule has 3 aromatic rings. The van der Waals surface area contributed by atoms with Crippen LogP contribution in [0.4, 0.5) is 20.4 Å². The van der Waals surface area contributed by atoms with Crippen molar-refractivity contribution in [3.63, 3.8) is 0 Å². The fraction of sp³-hybridized carbons (Fsp3) is 0.125. The van der Waals surface area contributed by atoms with Crippen molar-refractivity contribution in [1.82, 2.24) is 9.55 Å². The number of aromatic nitrogens is 2. The van der Waals surface area contributed by atoms with Crippen molar-refractivity contribution in [2.45, 2.75) is 0 Å². The lowest BCUT2D eigenvalue weighted by atomic mass is 10.2. The Bertz CT molecular complexity index is 1050. The van der Waals surface area contributed by atoms with Crippen LogP contribution < -0.4 is 5.32 Å². The van der Waals surface area contributed by atoms with Crippen LogP contribution in [0.15, 0.2) is 34.8 Å². The van der Waals surface area contributed by atoms with Crippen LogP contribution in [0, 0.1) is 11.6 Å². The van der Waals surface area contributed by atoms with Crippen molar-refractivity contribution >= 4 is 44.6 Å². The Balaban J connectivity index is 2.23. The third kappa shape index (κ3) is 2.84. The van der Waals surface area contributed by atoms with Crippen molar-refractivity contribution in [2.75, 3.05) is 12.4 Å². The minimum atomic E-state index is -2.77. The predicted octanol–water partition coefficient (Wildman–Crippen LogP) is 4.14. The van der Waals surface area contributed by atoms with E-state index < -0.39 is 24.6 Å². The number of ether oxygens (including phenoxy) is 1. The normalized spacial score (nSPS) is 13.2. The smallest absolute Gasteiger partial charge is 0.338 e. The summed E-state index contributed by atoms with van der Waals surface area (Å²) in [6.07, 6.45) is 0. The second kappa shape index (κ2) is 6.20. The summed E-state index contributed by atoms with van der Waals surface area (Å²) in [4.78, 5) is 15.7. The Morgan fingerprint density at radius 3 is 2.79 bits per heavy atom. The van der Waals surface area contributed by atoms with Gasteiger partial charge in [0.05, 0.1) is 23.9 Å². The predicted molar refractivity (Wildman–Crippen MR) is 89.4 cm³/mol. The second-order valence-corrected chi connectivity index (χ2v) is 5.75. The number of methoxy groups -OCH3 is 1. The minimum absolute atomic E-state index is 0.0485. The minimum Gasteiger partial charge on any atom is -0.465 e. The third-order valence-electron chi connectivity index (χ3n) is 3.31. The summed E-state index contributed by atoms with van der Waals surface area (Å²) in [5, 5.41) is 2.57. The van der Waals surface area contributed by atoms with Gasteiger partial charge in [-0.1, -0.05) is 15.9 Å². The average molecular weight is 399 g/mol. The molecular formula is C16H12BrF2N3O2. The standard InChI is InChI=1S/C16H12BrF2N3O2/c1-22-13-6-8(15(23)24-2)5-11(19)14(13)21-16(22)20-12-4-3-9(17)7-10(12)18/h3-7H,1-2H3,(H,20,21)/i1D3. The molecule has 5 nitrogen and oxygen atoms in total. The van der Waals surface area contributed by atoms with Gasteiger partial charge in [0.1, 0.15) is 11.3 Å². The molecule has 0 aliphatic carbocycles. The van der Waals surface area contributed by atoms with Crippen molar-refractivity contribution in [1.29, 1.82) is 0 Å². The van der Waals surface area contributed by atoms with Gasteiger partial charge < -0.3 is 14.6 Å². The highest BCUT2D eigenvalue weighted by Gasteiger charge is 2.17. The van der Waals surface area contributed by atoms with Gasteiger partial charge in [-0.15, -0.1) is 0 Å². The summed E-state index contributed by atoms with van der Waals surface area (Å²) in [6.45, 7) is -2.77. The summed E-state index contributed by atoms with van der Waals surface area (Å²) in [6, 6.07) is 6.16. The topological polar surface area (TPSA) is 56.2 Å². The van der Waals surface area contributed by atoms with Gasteiger partial charge in [-0.2, -0.15) is 0 Å². The molecule has 24 heavy (non-hydrogen) atoms. The average Bonchev–Trinajstić information content (AvgIpc) is 2.95. The van der Waals surface area contributed by atoms with E-state index in [1.54, 1.807) is 6.07 Å². The molecule has 1 N–H and O–H groups in total. The number of rotatable bonds is 3. The lowest BCUT2D eigenvalue weighted by Crippen LogP contribution is -2.03. The zero-order valence-electron chi connectivity index (χ0n) is 15.2. The number of benzene rings is 2. The first-order valence-electron chi connectivity index (χ1n) is 8.14. The first kappa shape index (κ1) is 12.9. The highest BCUT2D eigenvalue weighted by atomic mass is 79.9. The summed E-state index contributed by atoms with van der Waals surface area (Å²) in [5.41, 5.74) is -0.656. The number of aryl methyl sites for hydroxylation is 1. The molecule has 0 aliphatic rings. The second-order valence-electron chi connectivity index (χ2n) is 4.84. The van der Waals surface area contributed by atoms with Crippen LogP contribution in [0.25, 0.3) is 11.0 Å². The molecule has 0 saturated heterocycles. The number of nitrogens with zero attached hydrogens (tertiary/aromatic N) is 2. The van der Waals surface area contributed by atoms with E-state index in [0.29, 0.717) is 4.47 Å². The zero-order chi connectivity index (χ0) is 19.9. The van der Waals surface area contributed by atoms with Crippen LogP contribution in [-0.2, 0) is 11.7 Å². The third-order valence-corrected chi connectivity index (χ3v) is 3.81. The van der Waals surface area contributed by atoms with E-state index in [0.717, 1.165) is 23.8 Å². The fourth-order valence-corrected chi connectivity index (χ4v) is 2.50. The number of hydrogen-bond acceptors (Lipinski definition) is 4. The first-order chi connectivity index (χ1) is 12.6. The molecule has 0 fully saturated rings. The van der Waals surface area contributed by atoms with Crippen LogP contribution in [0.1, 0.15) is 14.5 Å². The maximum Gasteiger partial charge on any atom is 0.338 e. The lowest BCUT2D eigenvalue weighted by Gasteiger charge is -2.07. The Hall–Kier alpha value is -2.48. The Labute approximate surface area is 148 Å². The van der Waals surface area contributed by atoms with Gasteiger partial charge in [0, 0.05) is 15.6 Å². The number of nitrogens with one attached hydrogen (secondary N) is 1. The number of hydrogen-bond donors (Lipinski definition) is 1.